The molecule has 0 unspecified atom stereocenters. The first-order valence-electron chi connectivity index (χ1n) is 12.5. The molecule has 3 rings (SSSR count). The Labute approximate surface area is 226 Å². The third-order valence-electron chi connectivity index (χ3n) is 6.18. The zero-order valence-corrected chi connectivity index (χ0v) is 22.3. The summed E-state index contributed by atoms with van der Waals surface area (Å²) in [6.45, 7) is 4.06. The molecule has 0 saturated heterocycles. The Bertz CT molecular complexity index is 1210. The molecule has 0 aliphatic carbocycles. The number of rotatable bonds is 13. The number of nitro benzene ring substituents is 1. The molecule has 38 heavy (non-hydrogen) atoms. The fraction of sp³-hybridized carbons (Fsp3) is 0.310. The minimum absolute atomic E-state index is 0.0105. The number of nitrogens with one attached hydrogen (secondary N) is 1. The van der Waals surface area contributed by atoms with E-state index >= 15 is 0 Å². The highest BCUT2D eigenvalue weighted by atomic mass is 32.2. The van der Waals surface area contributed by atoms with Gasteiger partial charge in [-0.05, 0) is 42.2 Å². The summed E-state index contributed by atoms with van der Waals surface area (Å²) >= 11 is 1.37. The van der Waals surface area contributed by atoms with Gasteiger partial charge >= 0.3 is 0 Å². The van der Waals surface area contributed by atoms with Crippen molar-refractivity contribution in [2.45, 2.75) is 51.1 Å². The van der Waals surface area contributed by atoms with Crippen LogP contribution in [0.2, 0.25) is 0 Å². The van der Waals surface area contributed by atoms with E-state index in [0.29, 0.717) is 12.2 Å². The average Bonchev–Trinajstić information content (AvgIpc) is 2.92. The molecule has 0 spiro atoms. The summed E-state index contributed by atoms with van der Waals surface area (Å²) in [5.74, 6) is -0.238. The Balaban J connectivity index is 1.82. The second-order valence-corrected chi connectivity index (χ2v) is 10.1. The van der Waals surface area contributed by atoms with E-state index < -0.39 is 11.0 Å². The molecule has 0 aliphatic heterocycles. The van der Waals surface area contributed by atoms with E-state index in [0.717, 1.165) is 23.1 Å². The number of benzene rings is 3. The van der Waals surface area contributed by atoms with Gasteiger partial charge in [-0.2, -0.15) is 0 Å². The smallest absolute Gasteiger partial charge is 0.269 e. The predicted molar refractivity (Wildman–Crippen MR) is 148 cm³/mol. The first-order chi connectivity index (χ1) is 18.3. The molecule has 9 heteroatoms. The highest BCUT2D eigenvalue weighted by Crippen LogP contribution is 2.20. The fourth-order valence-corrected chi connectivity index (χ4v) is 4.71. The Hall–Kier alpha value is -3.72. The van der Waals surface area contributed by atoms with Gasteiger partial charge in [0.25, 0.3) is 5.69 Å². The first kappa shape index (κ1) is 28.8. The molecule has 3 aromatic carbocycles. The Morgan fingerprint density at radius 2 is 1.61 bits per heavy atom. The van der Waals surface area contributed by atoms with Crippen molar-refractivity contribution in [2.24, 2.45) is 0 Å². The van der Waals surface area contributed by atoms with Crippen molar-refractivity contribution in [1.29, 1.82) is 0 Å². The molecule has 1 N–H and O–H groups in total. The second-order valence-electron chi connectivity index (χ2n) is 9.09. The van der Waals surface area contributed by atoms with Crippen LogP contribution in [0.1, 0.15) is 37.0 Å². The topological polar surface area (TPSA) is 92.6 Å². The van der Waals surface area contributed by atoms with Crippen molar-refractivity contribution >= 4 is 29.3 Å². The molecule has 0 heterocycles. The van der Waals surface area contributed by atoms with Crippen LogP contribution in [0.4, 0.5) is 10.1 Å². The number of carbonyl (C=O) groups excluding carboxylic acids is 2. The number of hydrogen-bond acceptors (Lipinski definition) is 5. The lowest BCUT2D eigenvalue weighted by Gasteiger charge is -2.32. The molecular weight excluding hydrogens is 505 g/mol. The van der Waals surface area contributed by atoms with Crippen LogP contribution in [0.5, 0.6) is 0 Å². The minimum atomic E-state index is -0.760. The molecule has 0 saturated carbocycles. The lowest BCUT2D eigenvalue weighted by molar-refractivity contribution is -0.384. The number of nitro groups is 1. The van der Waals surface area contributed by atoms with E-state index in [9.17, 15) is 24.1 Å². The number of halogens is 1. The average molecular weight is 538 g/mol. The molecular formula is C29H32FN3O4S. The molecule has 0 radical (unpaired) electrons. The van der Waals surface area contributed by atoms with Crippen LogP contribution < -0.4 is 5.32 Å². The summed E-state index contributed by atoms with van der Waals surface area (Å²) in [5.41, 5.74) is 2.51. The van der Waals surface area contributed by atoms with Crippen molar-refractivity contribution in [3.8, 4) is 0 Å². The first-order valence-corrected chi connectivity index (χ1v) is 13.6. The van der Waals surface area contributed by atoms with Gasteiger partial charge < -0.3 is 10.2 Å². The number of non-ortho nitro benzene ring substituents is 1. The third kappa shape index (κ3) is 8.69. The summed E-state index contributed by atoms with van der Waals surface area (Å²) in [6, 6.07) is 20.8. The summed E-state index contributed by atoms with van der Waals surface area (Å²) in [5, 5.41) is 13.9. The molecule has 0 bridgehead atoms. The van der Waals surface area contributed by atoms with Crippen molar-refractivity contribution in [2.75, 3.05) is 5.75 Å². The van der Waals surface area contributed by atoms with Crippen LogP contribution in [-0.2, 0) is 28.3 Å². The van der Waals surface area contributed by atoms with Gasteiger partial charge in [-0.1, -0.05) is 61.5 Å². The minimum Gasteiger partial charge on any atom is -0.352 e. The lowest BCUT2D eigenvalue weighted by atomic mass is 10.0. The van der Waals surface area contributed by atoms with Gasteiger partial charge in [0.2, 0.25) is 11.8 Å². The SMILES string of the molecule is CC[C@H](C)NC(=O)[C@H](Cc1ccccc1)N(Cc1ccc(F)cc1)C(=O)CSCc1ccc([N+](=O)[O-])cc1. The number of carbonyl (C=O) groups is 2. The molecule has 200 valence electrons. The Morgan fingerprint density at radius 3 is 2.21 bits per heavy atom. The summed E-state index contributed by atoms with van der Waals surface area (Å²) in [4.78, 5) is 39.1. The second kappa shape index (κ2) is 14.3. The van der Waals surface area contributed by atoms with Crippen molar-refractivity contribution in [1.82, 2.24) is 10.2 Å². The number of amides is 2. The third-order valence-corrected chi connectivity index (χ3v) is 7.17. The molecule has 2 amide bonds. The van der Waals surface area contributed by atoms with Gasteiger partial charge in [-0.3, -0.25) is 19.7 Å². The molecule has 7 nitrogen and oxygen atoms in total. The van der Waals surface area contributed by atoms with Crippen molar-refractivity contribution < 1.29 is 18.9 Å². The lowest BCUT2D eigenvalue weighted by Crippen LogP contribution is -2.52. The van der Waals surface area contributed by atoms with Crippen LogP contribution in [0.25, 0.3) is 0 Å². The van der Waals surface area contributed by atoms with Gasteiger partial charge in [0.1, 0.15) is 11.9 Å². The van der Waals surface area contributed by atoms with E-state index in [1.54, 1.807) is 29.2 Å². The van der Waals surface area contributed by atoms with Gasteiger partial charge in [-0.25, -0.2) is 4.39 Å². The Kier molecular flexibility index (Phi) is 10.8. The number of hydrogen-bond donors (Lipinski definition) is 1. The molecule has 3 aromatic rings. The van der Waals surface area contributed by atoms with E-state index in [2.05, 4.69) is 5.32 Å². The van der Waals surface area contributed by atoms with Crippen molar-refractivity contribution in [3.63, 3.8) is 0 Å². The van der Waals surface area contributed by atoms with Crippen LogP contribution in [-0.4, -0.2) is 39.5 Å². The summed E-state index contributed by atoms with van der Waals surface area (Å²) in [6.07, 6.45) is 1.09. The van der Waals surface area contributed by atoms with Crippen LogP contribution in [0.15, 0.2) is 78.9 Å². The molecule has 0 fully saturated rings. The maximum absolute atomic E-state index is 13.6. The van der Waals surface area contributed by atoms with Gasteiger partial charge in [0, 0.05) is 36.9 Å². The van der Waals surface area contributed by atoms with Crippen molar-refractivity contribution in [3.05, 3.63) is 111 Å². The van der Waals surface area contributed by atoms with Crippen LogP contribution >= 0.6 is 11.8 Å². The summed E-state index contributed by atoms with van der Waals surface area (Å²) in [7, 11) is 0. The maximum atomic E-state index is 13.6. The zero-order valence-electron chi connectivity index (χ0n) is 21.5. The standard InChI is InChI=1S/C29H32FN3O4S/c1-3-21(2)31-29(35)27(17-22-7-5-4-6-8-22)32(18-23-9-13-25(30)14-10-23)28(34)20-38-19-24-11-15-26(16-12-24)33(36)37/h4-16,21,27H,3,17-20H2,1-2H3,(H,31,35)/t21-,27-/m0/s1. The highest BCUT2D eigenvalue weighted by Gasteiger charge is 2.30. The number of thioether (sulfide) groups is 1. The molecule has 2 atom stereocenters. The fourth-order valence-electron chi connectivity index (χ4n) is 3.83. The largest absolute Gasteiger partial charge is 0.352 e. The van der Waals surface area contributed by atoms with E-state index in [1.165, 1.54) is 36.0 Å². The van der Waals surface area contributed by atoms with E-state index in [-0.39, 0.29) is 41.7 Å². The van der Waals surface area contributed by atoms with E-state index in [1.807, 2.05) is 44.2 Å². The maximum Gasteiger partial charge on any atom is 0.269 e. The van der Waals surface area contributed by atoms with Gasteiger partial charge in [-0.15, -0.1) is 11.8 Å². The quantitative estimate of drug-likeness (QED) is 0.229. The zero-order chi connectivity index (χ0) is 27.5. The summed E-state index contributed by atoms with van der Waals surface area (Å²) < 4.78 is 13.6. The highest BCUT2D eigenvalue weighted by molar-refractivity contribution is 7.99. The van der Waals surface area contributed by atoms with Crippen LogP contribution in [0, 0.1) is 15.9 Å². The van der Waals surface area contributed by atoms with Gasteiger partial charge in [0.05, 0.1) is 10.7 Å². The Morgan fingerprint density at radius 1 is 0.974 bits per heavy atom. The predicted octanol–water partition coefficient (Wildman–Crippen LogP) is 5.52. The van der Waals surface area contributed by atoms with Gasteiger partial charge in [0.15, 0.2) is 0 Å². The molecule has 0 aliphatic rings. The number of nitrogens with zero attached hydrogens (tertiary/aromatic N) is 2. The van der Waals surface area contributed by atoms with Crippen LogP contribution in [0.3, 0.4) is 0 Å². The monoisotopic (exact) mass is 537 g/mol. The normalized spacial score (nSPS) is 12.4. The molecule has 0 aromatic heterocycles. The van der Waals surface area contributed by atoms with E-state index in [4.69, 9.17) is 0 Å².